The van der Waals surface area contributed by atoms with Crippen LogP contribution < -0.4 is 5.32 Å². The Labute approximate surface area is 130 Å². The van der Waals surface area contributed by atoms with Crippen molar-refractivity contribution in [3.8, 4) is 0 Å². The SMILES string of the molecule is CC(C)N(CC1CCCCN1)C(=O)c1ccc(F)c(Cl)c1. The largest absolute Gasteiger partial charge is 0.335 e. The average molecular weight is 313 g/mol. The highest BCUT2D eigenvalue weighted by Crippen LogP contribution is 2.19. The number of hydrogen-bond donors (Lipinski definition) is 1. The third-order valence-corrected chi connectivity index (χ3v) is 4.17. The first-order chi connectivity index (χ1) is 9.99. The average Bonchev–Trinajstić information content (AvgIpc) is 2.47. The van der Waals surface area contributed by atoms with Crippen molar-refractivity contribution >= 4 is 17.5 Å². The Morgan fingerprint density at radius 1 is 1.48 bits per heavy atom. The van der Waals surface area contributed by atoms with Crippen LogP contribution in [0.3, 0.4) is 0 Å². The highest BCUT2D eigenvalue weighted by atomic mass is 35.5. The Morgan fingerprint density at radius 3 is 2.81 bits per heavy atom. The molecule has 0 aliphatic carbocycles. The Hall–Kier alpha value is -1.13. The van der Waals surface area contributed by atoms with Gasteiger partial charge >= 0.3 is 0 Å². The summed E-state index contributed by atoms with van der Waals surface area (Å²) in [5.74, 6) is -0.600. The van der Waals surface area contributed by atoms with E-state index < -0.39 is 5.82 Å². The number of halogens is 2. The molecule has 0 bridgehead atoms. The smallest absolute Gasteiger partial charge is 0.254 e. The maximum absolute atomic E-state index is 13.2. The van der Waals surface area contributed by atoms with Gasteiger partial charge < -0.3 is 10.2 Å². The molecule has 0 spiro atoms. The highest BCUT2D eigenvalue weighted by molar-refractivity contribution is 6.31. The zero-order valence-corrected chi connectivity index (χ0v) is 13.3. The predicted molar refractivity (Wildman–Crippen MR) is 83.2 cm³/mol. The quantitative estimate of drug-likeness (QED) is 0.923. The van der Waals surface area contributed by atoms with E-state index in [4.69, 9.17) is 11.6 Å². The molecule has 1 unspecified atom stereocenters. The first-order valence-electron chi connectivity index (χ1n) is 7.48. The minimum absolute atomic E-state index is 0.0136. The van der Waals surface area contributed by atoms with E-state index >= 15 is 0 Å². The molecule has 0 radical (unpaired) electrons. The second kappa shape index (κ2) is 7.23. The van der Waals surface area contributed by atoms with Crippen molar-refractivity contribution in [2.75, 3.05) is 13.1 Å². The van der Waals surface area contributed by atoms with Crippen LogP contribution in [0.5, 0.6) is 0 Å². The van der Waals surface area contributed by atoms with Crippen LogP contribution in [0.1, 0.15) is 43.5 Å². The molecule has 0 saturated carbocycles. The molecule has 5 heteroatoms. The molecule has 21 heavy (non-hydrogen) atoms. The summed E-state index contributed by atoms with van der Waals surface area (Å²) in [6.45, 7) is 5.66. The predicted octanol–water partition coefficient (Wildman–Crippen LogP) is 3.47. The summed E-state index contributed by atoms with van der Waals surface area (Å²) >= 11 is 5.78. The van der Waals surface area contributed by atoms with Crippen molar-refractivity contribution in [1.29, 1.82) is 0 Å². The van der Waals surface area contributed by atoms with Crippen LogP contribution in [0.15, 0.2) is 18.2 Å². The zero-order valence-electron chi connectivity index (χ0n) is 12.5. The van der Waals surface area contributed by atoms with Gasteiger partial charge in [0.25, 0.3) is 5.91 Å². The summed E-state index contributed by atoms with van der Waals surface area (Å²) in [5.41, 5.74) is 0.436. The van der Waals surface area contributed by atoms with E-state index in [9.17, 15) is 9.18 Å². The first-order valence-corrected chi connectivity index (χ1v) is 7.86. The maximum atomic E-state index is 13.2. The lowest BCUT2D eigenvalue weighted by Crippen LogP contribution is -2.48. The molecule has 1 aliphatic heterocycles. The minimum atomic E-state index is -0.502. The molecule has 1 N–H and O–H groups in total. The number of carbonyl (C=O) groups is 1. The second-order valence-electron chi connectivity index (χ2n) is 5.83. The van der Waals surface area contributed by atoms with Crippen molar-refractivity contribution in [1.82, 2.24) is 10.2 Å². The summed E-state index contributed by atoms with van der Waals surface area (Å²) in [6.07, 6.45) is 3.47. The van der Waals surface area contributed by atoms with Crippen molar-refractivity contribution in [3.05, 3.63) is 34.6 Å². The van der Waals surface area contributed by atoms with Gasteiger partial charge in [-0.2, -0.15) is 0 Å². The normalized spacial score (nSPS) is 18.8. The summed E-state index contributed by atoms with van der Waals surface area (Å²) in [5, 5.41) is 3.44. The van der Waals surface area contributed by atoms with Gasteiger partial charge in [0.1, 0.15) is 5.82 Å². The standard InChI is InChI=1S/C16H22ClFN2O/c1-11(2)20(10-13-5-3-4-8-19-13)16(21)12-6-7-15(18)14(17)9-12/h6-7,9,11,13,19H,3-5,8,10H2,1-2H3. The lowest BCUT2D eigenvalue weighted by atomic mass is 10.0. The fourth-order valence-electron chi connectivity index (χ4n) is 2.64. The van der Waals surface area contributed by atoms with E-state index in [-0.39, 0.29) is 17.0 Å². The van der Waals surface area contributed by atoms with E-state index in [2.05, 4.69) is 5.32 Å². The van der Waals surface area contributed by atoms with Gasteiger partial charge in [-0.1, -0.05) is 18.0 Å². The first kappa shape index (κ1) is 16.2. The van der Waals surface area contributed by atoms with Crippen LogP contribution in [-0.4, -0.2) is 36.0 Å². The Morgan fingerprint density at radius 2 is 2.24 bits per heavy atom. The van der Waals surface area contributed by atoms with E-state index in [0.717, 1.165) is 13.0 Å². The number of nitrogens with zero attached hydrogens (tertiary/aromatic N) is 1. The van der Waals surface area contributed by atoms with Crippen molar-refractivity contribution in [3.63, 3.8) is 0 Å². The Kier molecular flexibility index (Phi) is 5.59. The number of rotatable bonds is 4. The lowest BCUT2D eigenvalue weighted by Gasteiger charge is -2.33. The van der Waals surface area contributed by atoms with Gasteiger partial charge in [0, 0.05) is 24.2 Å². The van der Waals surface area contributed by atoms with Crippen molar-refractivity contribution in [2.24, 2.45) is 0 Å². The fraction of sp³-hybridized carbons (Fsp3) is 0.562. The molecule has 2 rings (SSSR count). The Balaban J connectivity index is 2.12. The minimum Gasteiger partial charge on any atom is -0.335 e. The number of piperidine rings is 1. The molecule has 1 atom stereocenters. The monoisotopic (exact) mass is 312 g/mol. The molecule has 1 aromatic rings. The van der Waals surface area contributed by atoms with Gasteiger partial charge in [0.15, 0.2) is 0 Å². The number of carbonyl (C=O) groups excluding carboxylic acids is 1. The van der Waals surface area contributed by atoms with E-state index in [1.807, 2.05) is 18.7 Å². The molecule has 1 fully saturated rings. The van der Waals surface area contributed by atoms with Crippen LogP contribution in [-0.2, 0) is 0 Å². The van der Waals surface area contributed by atoms with Gasteiger partial charge in [0.2, 0.25) is 0 Å². The molecule has 1 heterocycles. The summed E-state index contributed by atoms with van der Waals surface area (Å²) < 4.78 is 13.2. The molecule has 0 aromatic heterocycles. The van der Waals surface area contributed by atoms with Gasteiger partial charge in [-0.05, 0) is 51.4 Å². The maximum Gasteiger partial charge on any atom is 0.254 e. The third kappa shape index (κ3) is 4.17. The molecule has 1 aliphatic rings. The zero-order chi connectivity index (χ0) is 15.4. The van der Waals surface area contributed by atoms with Gasteiger partial charge in [-0.25, -0.2) is 4.39 Å². The van der Waals surface area contributed by atoms with Crippen LogP contribution in [0.2, 0.25) is 5.02 Å². The van der Waals surface area contributed by atoms with E-state index in [0.29, 0.717) is 18.2 Å². The molecule has 1 amide bonds. The molecule has 3 nitrogen and oxygen atoms in total. The molecule has 1 saturated heterocycles. The number of benzene rings is 1. The van der Waals surface area contributed by atoms with Gasteiger partial charge in [-0.3, -0.25) is 4.79 Å². The van der Waals surface area contributed by atoms with Crippen molar-refractivity contribution in [2.45, 2.75) is 45.2 Å². The Bertz CT molecular complexity index is 501. The summed E-state index contributed by atoms with van der Waals surface area (Å²) in [4.78, 5) is 14.5. The van der Waals surface area contributed by atoms with E-state index in [1.165, 1.54) is 31.0 Å². The third-order valence-electron chi connectivity index (χ3n) is 3.88. The number of amides is 1. The second-order valence-corrected chi connectivity index (χ2v) is 6.23. The molecular formula is C16H22ClFN2O. The molecular weight excluding hydrogens is 291 g/mol. The van der Waals surface area contributed by atoms with Crippen LogP contribution in [0, 0.1) is 5.82 Å². The van der Waals surface area contributed by atoms with Gasteiger partial charge in [0.05, 0.1) is 5.02 Å². The van der Waals surface area contributed by atoms with Crippen molar-refractivity contribution < 1.29 is 9.18 Å². The number of hydrogen-bond acceptors (Lipinski definition) is 2. The lowest BCUT2D eigenvalue weighted by molar-refractivity contribution is 0.0677. The van der Waals surface area contributed by atoms with Gasteiger partial charge in [-0.15, -0.1) is 0 Å². The topological polar surface area (TPSA) is 32.3 Å². The summed E-state index contributed by atoms with van der Waals surface area (Å²) in [6, 6.07) is 4.56. The number of nitrogens with one attached hydrogen (secondary N) is 1. The molecule has 1 aromatic carbocycles. The van der Waals surface area contributed by atoms with Crippen LogP contribution in [0.4, 0.5) is 4.39 Å². The fourth-order valence-corrected chi connectivity index (χ4v) is 2.82. The van der Waals surface area contributed by atoms with Crippen LogP contribution >= 0.6 is 11.6 Å². The van der Waals surface area contributed by atoms with E-state index in [1.54, 1.807) is 0 Å². The summed E-state index contributed by atoms with van der Waals surface area (Å²) in [7, 11) is 0. The van der Waals surface area contributed by atoms with Crippen LogP contribution in [0.25, 0.3) is 0 Å². The highest BCUT2D eigenvalue weighted by Gasteiger charge is 2.24. The molecule has 116 valence electrons.